The van der Waals surface area contributed by atoms with Gasteiger partial charge < -0.3 is 14.8 Å². The van der Waals surface area contributed by atoms with Gasteiger partial charge in [-0.1, -0.05) is 24.3 Å². The summed E-state index contributed by atoms with van der Waals surface area (Å²) in [5.74, 6) is 0.746. The largest absolute Gasteiger partial charge is 0.497 e. The summed E-state index contributed by atoms with van der Waals surface area (Å²) in [6, 6.07) is 15.6. The molecule has 0 aromatic heterocycles. The average molecular weight is 419 g/mol. The van der Waals surface area contributed by atoms with Crippen molar-refractivity contribution in [1.29, 1.82) is 0 Å². The number of nitrogens with zero attached hydrogens (tertiary/aromatic N) is 1. The normalized spacial score (nSPS) is 16.1. The number of hydrogen-bond donors (Lipinski definition) is 1. The maximum Gasteiger partial charge on any atom is 0.252 e. The molecule has 3 rings (SSSR count). The first-order valence-electron chi connectivity index (χ1n) is 8.67. The Hall–Kier alpha value is -1.89. The number of rotatable bonds is 6. The number of carbonyl (C=O) groups excluding carboxylic acids is 1. The van der Waals surface area contributed by atoms with Gasteiger partial charge in [-0.25, -0.2) is 0 Å². The van der Waals surface area contributed by atoms with E-state index in [2.05, 4.69) is 38.3 Å². The second kappa shape index (κ2) is 9.16. The highest BCUT2D eigenvalue weighted by atomic mass is 79.9. The van der Waals surface area contributed by atoms with Crippen LogP contribution in [0.2, 0.25) is 0 Å². The molecule has 5 nitrogen and oxygen atoms in total. The van der Waals surface area contributed by atoms with Gasteiger partial charge in [-0.05, 0) is 45.8 Å². The molecule has 2 aromatic carbocycles. The third-order valence-electron chi connectivity index (χ3n) is 4.56. The first-order valence-corrected chi connectivity index (χ1v) is 9.47. The minimum atomic E-state index is -0.0794. The van der Waals surface area contributed by atoms with Crippen molar-refractivity contribution in [1.82, 2.24) is 10.2 Å². The van der Waals surface area contributed by atoms with Crippen LogP contribution in [0.1, 0.15) is 22.0 Å². The number of amides is 1. The number of hydrogen-bond acceptors (Lipinski definition) is 4. The molecule has 1 aliphatic heterocycles. The molecule has 1 atom stereocenters. The highest BCUT2D eigenvalue weighted by Crippen LogP contribution is 2.24. The minimum Gasteiger partial charge on any atom is -0.497 e. The fourth-order valence-corrected chi connectivity index (χ4v) is 3.57. The van der Waals surface area contributed by atoms with Crippen molar-refractivity contribution in [2.24, 2.45) is 0 Å². The molecule has 26 heavy (non-hydrogen) atoms. The molecule has 0 aliphatic carbocycles. The van der Waals surface area contributed by atoms with E-state index in [9.17, 15) is 4.79 Å². The summed E-state index contributed by atoms with van der Waals surface area (Å²) in [7, 11) is 1.66. The quantitative estimate of drug-likeness (QED) is 0.781. The molecule has 1 fully saturated rings. The van der Waals surface area contributed by atoms with Gasteiger partial charge in [0.2, 0.25) is 0 Å². The topological polar surface area (TPSA) is 50.8 Å². The standard InChI is InChI=1S/C20H23BrN2O3/c1-25-16-8-6-15(7-9-16)19(23-10-12-26-13-11-23)14-22-20(24)17-4-2-3-5-18(17)21/h2-9,19H,10-14H2,1H3,(H,22,24). The number of carbonyl (C=O) groups is 1. The van der Waals surface area contributed by atoms with Crippen LogP contribution in [-0.4, -0.2) is 50.8 Å². The Labute approximate surface area is 162 Å². The van der Waals surface area contributed by atoms with Crippen molar-refractivity contribution in [3.05, 3.63) is 64.1 Å². The Morgan fingerprint density at radius 3 is 2.54 bits per heavy atom. The molecule has 0 spiro atoms. The maximum atomic E-state index is 12.6. The van der Waals surface area contributed by atoms with Gasteiger partial charge in [0, 0.05) is 24.1 Å². The third kappa shape index (κ3) is 4.63. The highest BCUT2D eigenvalue weighted by molar-refractivity contribution is 9.10. The SMILES string of the molecule is COc1ccc(C(CNC(=O)c2ccccc2Br)N2CCOCC2)cc1. The Morgan fingerprint density at radius 1 is 1.19 bits per heavy atom. The molecule has 1 heterocycles. The monoisotopic (exact) mass is 418 g/mol. The van der Waals surface area contributed by atoms with E-state index in [1.165, 1.54) is 0 Å². The van der Waals surface area contributed by atoms with Gasteiger partial charge in [0.1, 0.15) is 5.75 Å². The molecule has 1 amide bonds. The summed E-state index contributed by atoms with van der Waals surface area (Å²) in [5.41, 5.74) is 1.79. The predicted octanol–water partition coefficient (Wildman–Crippen LogP) is 3.26. The van der Waals surface area contributed by atoms with Crippen LogP contribution >= 0.6 is 15.9 Å². The van der Waals surface area contributed by atoms with Gasteiger partial charge in [0.15, 0.2) is 0 Å². The molecule has 1 saturated heterocycles. The summed E-state index contributed by atoms with van der Waals surface area (Å²) in [4.78, 5) is 14.9. The zero-order valence-electron chi connectivity index (χ0n) is 14.8. The maximum absolute atomic E-state index is 12.6. The van der Waals surface area contributed by atoms with Crippen molar-refractivity contribution in [3.63, 3.8) is 0 Å². The van der Waals surface area contributed by atoms with E-state index >= 15 is 0 Å². The molecule has 138 valence electrons. The Kier molecular flexibility index (Phi) is 6.66. The number of methoxy groups -OCH3 is 1. The highest BCUT2D eigenvalue weighted by Gasteiger charge is 2.23. The first kappa shape index (κ1) is 18.9. The van der Waals surface area contributed by atoms with Gasteiger partial charge in [-0.2, -0.15) is 0 Å². The second-order valence-corrected chi connectivity index (χ2v) is 6.98. The molecular weight excluding hydrogens is 396 g/mol. The van der Waals surface area contributed by atoms with Crippen molar-refractivity contribution in [2.45, 2.75) is 6.04 Å². The van der Waals surface area contributed by atoms with Gasteiger partial charge in [-0.15, -0.1) is 0 Å². The molecule has 1 N–H and O–H groups in total. The second-order valence-electron chi connectivity index (χ2n) is 6.13. The summed E-state index contributed by atoms with van der Waals surface area (Å²) in [6.45, 7) is 3.66. The van der Waals surface area contributed by atoms with E-state index in [0.717, 1.165) is 28.9 Å². The molecule has 1 unspecified atom stereocenters. The van der Waals surface area contributed by atoms with Gasteiger partial charge >= 0.3 is 0 Å². The zero-order chi connectivity index (χ0) is 18.4. The lowest BCUT2D eigenvalue weighted by molar-refractivity contribution is 0.0162. The number of nitrogens with one attached hydrogen (secondary N) is 1. The van der Waals surface area contributed by atoms with Crippen molar-refractivity contribution in [2.75, 3.05) is 40.0 Å². The Morgan fingerprint density at radius 2 is 1.88 bits per heavy atom. The number of ether oxygens (including phenoxy) is 2. The molecule has 6 heteroatoms. The van der Waals surface area contributed by atoms with Gasteiger partial charge in [0.05, 0.1) is 31.9 Å². The lowest BCUT2D eigenvalue weighted by Crippen LogP contribution is -2.43. The van der Waals surface area contributed by atoms with Crippen LogP contribution in [0.5, 0.6) is 5.75 Å². The van der Waals surface area contributed by atoms with E-state index in [-0.39, 0.29) is 11.9 Å². The van der Waals surface area contributed by atoms with Crippen LogP contribution in [0.15, 0.2) is 53.0 Å². The fraction of sp³-hybridized carbons (Fsp3) is 0.350. The van der Waals surface area contributed by atoms with Crippen molar-refractivity contribution < 1.29 is 14.3 Å². The number of benzene rings is 2. The lowest BCUT2D eigenvalue weighted by atomic mass is 10.0. The third-order valence-corrected chi connectivity index (χ3v) is 5.25. The minimum absolute atomic E-state index is 0.0794. The Balaban J connectivity index is 1.74. The first-order chi connectivity index (χ1) is 12.7. The molecule has 0 saturated carbocycles. The van der Waals surface area contributed by atoms with Crippen LogP contribution in [0, 0.1) is 0 Å². The fourth-order valence-electron chi connectivity index (χ4n) is 3.10. The van der Waals surface area contributed by atoms with E-state index in [4.69, 9.17) is 9.47 Å². The number of morpholine rings is 1. The predicted molar refractivity (Wildman–Crippen MR) is 105 cm³/mol. The van der Waals surface area contributed by atoms with Crippen LogP contribution < -0.4 is 10.1 Å². The van der Waals surface area contributed by atoms with E-state index in [1.54, 1.807) is 7.11 Å². The summed E-state index contributed by atoms with van der Waals surface area (Å²) >= 11 is 3.44. The van der Waals surface area contributed by atoms with Crippen molar-refractivity contribution in [3.8, 4) is 5.75 Å². The molecule has 1 aliphatic rings. The smallest absolute Gasteiger partial charge is 0.252 e. The molecule has 0 bridgehead atoms. The van der Waals surface area contributed by atoms with Crippen LogP contribution in [-0.2, 0) is 4.74 Å². The summed E-state index contributed by atoms with van der Waals surface area (Å²) in [5, 5.41) is 3.08. The lowest BCUT2D eigenvalue weighted by Gasteiger charge is -2.35. The van der Waals surface area contributed by atoms with Crippen LogP contribution in [0.4, 0.5) is 0 Å². The summed E-state index contributed by atoms with van der Waals surface area (Å²) in [6.07, 6.45) is 0. The molecule has 0 radical (unpaired) electrons. The van der Waals surface area contributed by atoms with Crippen LogP contribution in [0.3, 0.4) is 0 Å². The van der Waals surface area contributed by atoms with Crippen molar-refractivity contribution >= 4 is 21.8 Å². The molecular formula is C20H23BrN2O3. The van der Waals surface area contributed by atoms with Gasteiger partial charge in [-0.3, -0.25) is 9.69 Å². The summed E-state index contributed by atoms with van der Waals surface area (Å²) < 4.78 is 11.5. The van der Waals surface area contributed by atoms with E-state index in [1.807, 2.05) is 36.4 Å². The van der Waals surface area contributed by atoms with E-state index in [0.29, 0.717) is 25.3 Å². The molecule has 2 aromatic rings. The van der Waals surface area contributed by atoms with Gasteiger partial charge in [0.25, 0.3) is 5.91 Å². The average Bonchev–Trinajstić information content (AvgIpc) is 2.69. The Bertz CT molecular complexity index is 730. The van der Waals surface area contributed by atoms with Crippen LogP contribution in [0.25, 0.3) is 0 Å². The zero-order valence-corrected chi connectivity index (χ0v) is 16.4. The van der Waals surface area contributed by atoms with E-state index < -0.39 is 0 Å². The number of halogens is 1.